The van der Waals surface area contributed by atoms with Crippen LogP contribution in [0.3, 0.4) is 0 Å². The fraction of sp³-hybridized carbons (Fsp3) is 0.833. The van der Waals surface area contributed by atoms with E-state index in [9.17, 15) is 19.8 Å². The van der Waals surface area contributed by atoms with Crippen LogP contribution < -0.4 is 10.2 Å². The Morgan fingerprint density at radius 1 is 0.857 bits per heavy atom. The Kier molecular flexibility index (Phi) is 21.1. The van der Waals surface area contributed by atoms with Crippen molar-refractivity contribution in [3.05, 3.63) is 0 Å². The van der Waals surface area contributed by atoms with Crippen molar-refractivity contribution in [2.75, 3.05) is 40.6 Å². The zero-order chi connectivity index (χ0) is 16.0. The number of hydrogen-bond donors (Lipinski definition) is 0. The van der Waals surface area contributed by atoms with Crippen molar-refractivity contribution in [1.82, 2.24) is 0 Å². The normalized spacial score (nSPS) is 12.4. The first-order chi connectivity index (χ1) is 9.33. The molecule has 0 heterocycles. The van der Waals surface area contributed by atoms with Gasteiger partial charge in [0.15, 0.2) is 0 Å². The van der Waals surface area contributed by atoms with E-state index >= 15 is 0 Å². The summed E-state index contributed by atoms with van der Waals surface area (Å²) in [4.78, 5) is 19.7. The fourth-order valence-corrected chi connectivity index (χ4v) is 0.986. The van der Waals surface area contributed by atoms with Crippen LogP contribution in [0.2, 0.25) is 0 Å². The van der Waals surface area contributed by atoms with Crippen molar-refractivity contribution in [3.8, 4) is 0 Å². The summed E-state index contributed by atoms with van der Waals surface area (Å²) < 4.78 is 18.9. The Morgan fingerprint density at radius 3 is 1.33 bits per heavy atom. The molecule has 0 aliphatic rings. The number of ether oxygens (including phenoxy) is 4. The molecule has 0 spiro atoms. The van der Waals surface area contributed by atoms with Gasteiger partial charge in [0.1, 0.15) is 0 Å². The third-order valence-corrected chi connectivity index (χ3v) is 1.77. The van der Waals surface area contributed by atoms with E-state index in [4.69, 9.17) is 18.9 Å². The zero-order valence-corrected chi connectivity index (χ0v) is 15.9. The van der Waals surface area contributed by atoms with Gasteiger partial charge in [0.05, 0.1) is 50.6 Å². The molecule has 120 valence electrons. The van der Waals surface area contributed by atoms with E-state index in [0.717, 1.165) is 0 Å². The van der Waals surface area contributed by atoms with E-state index in [2.05, 4.69) is 0 Å². The molecule has 0 bridgehead atoms. The quantitative estimate of drug-likeness (QED) is 0.395. The van der Waals surface area contributed by atoms with Crippen LogP contribution in [0.4, 0.5) is 0 Å². The van der Waals surface area contributed by atoms with Crippen LogP contribution in [0.5, 0.6) is 0 Å². The molecule has 8 nitrogen and oxygen atoms in total. The number of carbonyl (C=O) groups is 2. The third kappa shape index (κ3) is 24.8. The molecule has 0 N–H and O–H groups in total. The second-order valence-corrected chi connectivity index (χ2v) is 3.90. The summed E-state index contributed by atoms with van der Waals surface area (Å²) in [7, 11) is 3.05. The van der Waals surface area contributed by atoms with Crippen molar-refractivity contribution in [1.29, 1.82) is 0 Å². The Hall–Kier alpha value is -0.597. The molecule has 2 atom stereocenters. The van der Waals surface area contributed by atoms with E-state index in [0.29, 0.717) is 13.2 Å². The Morgan fingerprint density at radius 2 is 1.14 bits per heavy atom. The van der Waals surface area contributed by atoms with Gasteiger partial charge in [-0.1, -0.05) is 0 Å². The van der Waals surface area contributed by atoms with Gasteiger partial charge in [-0.2, -0.15) is 0 Å². The Balaban J connectivity index is -0.000000295. The minimum Gasteiger partial charge on any atom is -0.548 e. The molecule has 0 aliphatic heterocycles. The minimum atomic E-state index is -1.21. The van der Waals surface area contributed by atoms with Gasteiger partial charge in [0, 0.05) is 14.2 Å². The van der Waals surface area contributed by atoms with Crippen LogP contribution in [0.15, 0.2) is 0 Å². The number of carboxylic acids is 2. The SMILES string of the molecule is COCC(C)OCC(=O)[O-].COCC(C)OCC(=O)[O-].[Zn+2]. The van der Waals surface area contributed by atoms with E-state index < -0.39 is 11.9 Å². The second-order valence-electron chi connectivity index (χ2n) is 3.90. The average molecular weight is 360 g/mol. The molecule has 0 radical (unpaired) electrons. The van der Waals surface area contributed by atoms with Gasteiger partial charge in [-0.3, -0.25) is 0 Å². The molecule has 21 heavy (non-hydrogen) atoms. The summed E-state index contributed by atoms with van der Waals surface area (Å²) in [5.41, 5.74) is 0. The summed E-state index contributed by atoms with van der Waals surface area (Å²) in [5, 5.41) is 19.7. The maximum Gasteiger partial charge on any atom is 2.00 e. The molecule has 0 aromatic heterocycles. The third-order valence-electron chi connectivity index (χ3n) is 1.77. The van der Waals surface area contributed by atoms with Crippen molar-refractivity contribution in [3.63, 3.8) is 0 Å². The zero-order valence-electron chi connectivity index (χ0n) is 13.0. The molecule has 0 rings (SSSR count). The Labute approximate surface area is 137 Å². The van der Waals surface area contributed by atoms with E-state index in [1.807, 2.05) is 0 Å². The van der Waals surface area contributed by atoms with Gasteiger partial charge in [-0.15, -0.1) is 0 Å². The molecule has 0 amide bonds. The molecule has 0 saturated carbocycles. The van der Waals surface area contributed by atoms with Crippen molar-refractivity contribution >= 4 is 11.9 Å². The topological polar surface area (TPSA) is 117 Å². The predicted octanol–water partition coefficient (Wildman–Crippen LogP) is -2.43. The Bertz CT molecular complexity index is 236. The van der Waals surface area contributed by atoms with Crippen LogP contribution in [0, 0.1) is 0 Å². The average Bonchev–Trinajstić information content (AvgIpc) is 2.35. The standard InChI is InChI=1S/2C6H12O4.Zn/c2*1-5(3-9-2)10-4-6(7)8;/h2*5H,3-4H2,1-2H3,(H,7,8);/q;;+2/p-2. The van der Waals surface area contributed by atoms with E-state index in [-0.39, 0.29) is 44.9 Å². The minimum absolute atomic E-state index is 0. The van der Waals surface area contributed by atoms with Gasteiger partial charge in [-0.25, -0.2) is 0 Å². The first-order valence-corrected chi connectivity index (χ1v) is 5.94. The van der Waals surface area contributed by atoms with Crippen molar-refractivity contribution in [2.45, 2.75) is 26.1 Å². The van der Waals surface area contributed by atoms with Gasteiger partial charge < -0.3 is 38.7 Å². The maximum absolute atomic E-state index is 9.83. The van der Waals surface area contributed by atoms with Gasteiger partial charge in [0.2, 0.25) is 0 Å². The second kappa shape index (κ2) is 17.5. The molecular formula is C12H22O8Zn. The summed E-state index contributed by atoms with van der Waals surface area (Å²) in [6, 6.07) is 0. The number of aliphatic carboxylic acids is 2. The van der Waals surface area contributed by atoms with Gasteiger partial charge >= 0.3 is 19.5 Å². The number of rotatable bonds is 10. The predicted molar refractivity (Wildman–Crippen MR) is 64.6 cm³/mol. The number of methoxy groups -OCH3 is 2. The first-order valence-electron chi connectivity index (χ1n) is 5.94. The van der Waals surface area contributed by atoms with Crippen LogP contribution in [0.1, 0.15) is 13.8 Å². The van der Waals surface area contributed by atoms with Gasteiger partial charge in [0.25, 0.3) is 0 Å². The van der Waals surface area contributed by atoms with Crippen LogP contribution in [-0.2, 0) is 48.0 Å². The van der Waals surface area contributed by atoms with Crippen LogP contribution in [0.25, 0.3) is 0 Å². The fourth-order valence-electron chi connectivity index (χ4n) is 0.986. The number of carboxylic acid groups (broad SMARTS) is 2. The monoisotopic (exact) mass is 358 g/mol. The van der Waals surface area contributed by atoms with E-state index in [1.54, 1.807) is 13.8 Å². The summed E-state index contributed by atoms with van der Waals surface area (Å²) in [6.07, 6.45) is -0.384. The molecule has 0 saturated heterocycles. The smallest absolute Gasteiger partial charge is 0.548 e. The number of carbonyl (C=O) groups excluding carboxylic acids is 2. The largest absolute Gasteiger partial charge is 2.00 e. The molecule has 0 aliphatic carbocycles. The summed E-state index contributed by atoms with van der Waals surface area (Å²) >= 11 is 0. The molecular weight excluding hydrogens is 338 g/mol. The molecule has 0 aromatic rings. The molecule has 0 aromatic carbocycles. The number of hydrogen-bond acceptors (Lipinski definition) is 8. The summed E-state index contributed by atoms with van der Waals surface area (Å²) in [5.74, 6) is -2.41. The summed E-state index contributed by atoms with van der Waals surface area (Å²) in [6.45, 7) is 3.51. The van der Waals surface area contributed by atoms with E-state index in [1.165, 1.54) is 14.2 Å². The first kappa shape index (κ1) is 25.4. The molecule has 9 heteroatoms. The maximum atomic E-state index is 9.83. The van der Waals surface area contributed by atoms with Gasteiger partial charge in [-0.05, 0) is 13.8 Å². The van der Waals surface area contributed by atoms with Crippen molar-refractivity contribution < 1.29 is 58.2 Å². The van der Waals surface area contributed by atoms with Crippen LogP contribution in [-0.4, -0.2) is 64.8 Å². The molecule has 2 unspecified atom stereocenters. The molecule has 0 fully saturated rings. The van der Waals surface area contributed by atoms with Crippen molar-refractivity contribution in [2.24, 2.45) is 0 Å². The van der Waals surface area contributed by atoms with Crippen LogP contribution >= 0.6 is 0 Å².